The van der Waals surface area contributed by atoms with E-state index < -0.39 is 34.7 Å². The molecular formula is C12H13F3N2O2S. The minimum atomic E-state index is -1.74. The zero-order valence-corrected chi connectivity index (χ0v) is 11.4. The van der Waals surface area contributed by atoms with E-state index in [1.807, 2.05) is 0 Å². The van der Waals surface area contributed by atoms with Gasteiger partial charge in [-0.05, 0) is 12.5 Å². The van der Waals surface area contributed by atoms with Crippen LogP contribution in [0.4, 0.5) is 13.2 Å². The first-order valence-electron chi connectivity index (χ1n) is 5.73. The van der Waals surface area contributed by atoms with E-state index in [0.717, 1.165) is 4.90 Å². The molecular weight excluding hydrogens is 293 g/mol. The van der Waals surface area contributed by atoms with Crippen LogP contribution in [0.5, 0.6) is 5.75 Å². The molecule has 110 valence electrons. The highest BCUT2D eigenvalue weighted by Crippen LogP contribution is 2.26. The van der Waals surface area contributed by atoms with Gasteiger partial charge in [-0.1, -0.05) is 19.1 Å². The van der Waals surface area contributed by atoms with E-state index in [1.165, 1.54) is 0 Å². The third-order valence-electron chi connectivity index (χ3n) is 2.49. The molecule has 0 saturated carbocycles. The van der Waals surface area contributed by atoms with E-state index in [9.17, 15) is 18.0 Å². The molecule has 0 fully saturated rings. The van der Waals surface area contributed by atoms with Crippen LogP contribution in [0, 0.1) is 17.5 Å². The lowest BCUT2D eigenvalue weighted by atomic mass is 10.1. The summed E-state index contributed by atoms with van der Waals surface area (Å²) in [6.07, 6.45) is 0.533. The lowest BCUT2D eigenvalue weighted by molar-refractivity contribution is 0.0773. The molecule has 0 bridgehead atoms. The second-order valence-electron chi connectivity index (χ2n) is 4.08. The molecule has 0 radical (unpaired) electrons. The van der Waals surface area contributed by atoms with Crippen LogP contribution in [0.15, 0.2) is 6.07 Å². The van der Waals surface area contributed by atoms with Crippen molar-refractivity contribution in [3.8, 4) is 5.75 Å². The van der Waals surface area contributed by atoms with Crippen LogP contribution >= 0.6 is 12.2 Å². The van der Waals surface area contributed by atoms with Crippen molar-refractivity contribution < 1.29 is 23.1 Å². The molecule has 8 heteroatoms. The number of hydrogen-bond donors (Lipinski definition) is 2. The molecule has 0 atom stereocenters. The molecule has 0 aromatic heterocycles. The van der Waals surface area contributed by atoms with Crippen molar-refractivity contribution in [2.75, 3.05) is 13.1 Å². The monoisotopic (exact) mass is 306 g/mol. The van der Waals surface area contributed by atoms with Gasteiger partial charge in [0, 0.05) is 6.54 Å². The number of amides is 1. The summed E-state index contributed by atoms with van der Waals surface area (Å²) in [5.74, 6) is -7.22. The number of phenolic OH excluding ortho intramolecular Hbond substituents is 1. The van der Waals surface area contributed by atoms with Crippen molar-refractivity contribution in [3.63, 3.8) is 0 Å². The lowest BCUT2D eigenvalue weighted by Crippen LogP contribution is -2.38. The van der Waals surface area contributed by atoms with E-state index in [2.05, 4.69) is 12.2 Å². The average Bonchev–Trinajstić information content (AvgIpc) is 2.39. The fraction of sp³-hybridized carbons (Fsp3) is 0.333. The minimum Gasteiger partial charge on any atom is -0.503 e. The van der Waals surface area contributed by atoms with Gasteiger partial charge in [0.1, 0.15) is 0 Å². The maximum absolute atomic E-state index is 13.7. The topological polar surface area (TPSA) is 66.6 Å². The van der Waals surface area contributed by atoms with Gasteiger partial charge in [-0.15, -0.1) is 0 Å². The fourth-order valence-corrected chi connectivity index (χ4v) is 1.78. The third-order valence-corrected chi connectivity index (χ3v) is 2.62. The van der Waals surface area contributed by atoms with Crippen molar-refractivity contribution >= 4 is 23.1 Å². The van der Waals surface area contributed by atoms with Gasteiger partial charge in [0.15, 0.2) is 17.4 Å². The number of nitrogens with zero attached hydrogens (tertiary/aromatic N) is 1. The van der Waals surface area contributed by atoms with E-state index in [1.54, 1.807) is 6.92 Å². The molecule has 1 aromatic rings. The molecule has 0 spiro atoms. The van der Waals surface area contributed by atoms with Gasteiger partial charge in [-0.25, -0.2) is 8.78 Å². The molecule has 20 heavy (non-hydrogen) atoms. The number of rotatable bonds is 5. The molecule has 1 aromatic carbocycles. The second kappa shape index (κ2) is 6.56. The van der Waals surface area contributed by atoms with Gasteiger partial charge in [-0.2, -0.15) is 4.39 Å². The van der Waals surface area contributed by atoms with Gasteiger partial charge >= 0.3 is 0 Å². The highest BCUT2D eigenvalue weighted by Gasteiger charge is 2.25. The summed E-state index contributed by atoms with van der Waals surface area (Å²) in [5.41, 5.74) is 4.55. The molecule has 1 amide bonds. The Balaban J connectivity index is 3.21. The summed E-state index contributed by atoms with van der Waals surface area (Å²) in [6.45, 7) is 1.84. The molecule has 3 N–H and O–H groups in total. The summed E-state index contributed by atoms with van der Waals surface area (Å²) >= 11 is 4.67. The normalized spacial score (nSPS) is 10.4. The van der Waals surface area contributed by atoms with Crippen LogP contribution in [0.2, 0.25) is 0 Å². The number of benzene rings is 1. The van der Waals surface area contributed by atoms with Crippen LogP contribution in [0.3, 0.4) is 0 Å². The molecule has 0 aliphatic heterocycles. The largest absolute Gasteiger partial charge is 0.503 e. The third kappa shape index (κ3) is 3.38. The van der Waals surface area contributed by atoms with Crippen LogP contribution in [0.25, 0.3) is 0 Å². The average molecular weight is 306 g/mol. The SMILES string of the molecule is CCCN(CC(N)=S)C(=O)c1cc(F)c(F)c(O)c1F. The quantitative estimate of drug-likeness (QED) is 0.644. The smallest absolute Gasteiger partial charge is 0.257 e. The summed E-state index contributed by atoms with van der Waals surface area (Å²) in [6, 6.07) is 0.398. The second-order valence-corrected chi connectivity index (χ2v) is 4.60. The van der Waals surface area contributed by atoms with Crippen LogP contribution in [-0.4, -0.2) is 34.0 Å². The van der Waals surface area contributed by atoms with Gasteiger partial charge in [0.2, 0.25) is 5.82 Å². The standard InChI is InChI=1S/C12H13F3N2O2S/c1-2-3-17(5-8(16)20)12(19)6-4-7(13)10(15)11(18)9(6)14/h4,18H,2-3,5H2,1H3,(H2,16,20). The minimum absolute atomic E-state index is 0.000913. The number of aromatic hydroxyl groups is 1. The maximum Gasteiger partial charge on any atom is 0.257 e. The van der Waals surface area contributed by atoms with Crippen molar-refractivity contribution in [2.45, 2.75) is 13.3 Å². The van der Waals surface area contributed by atoms with Crippen molar-refractivity contribution in [1.82, 2.24) is 4.90 Å². The summed E-state index contributed by atoms with van der Waals surface area (Å²) in [7, 11) is 0. The van der Waals surface area contributed by atoms with Crippen LogP contribution < -0.4 is 5.73 Å². The summed E-state index contributed by atoms with van der Waals surface area (Å²) in [5, 5.41) is 9.10. The highest BCUT2D eigenvalue weighted by molar-refractivity contribution is 7.80. The van der Waals surface area contributed by atoms with Crippen molar-refractivity contribution in [2.24, 2.45) is 5.73 Å². The Morgan fingerprint density at radius 2 is 2.00 bits per heavy atom. The zero-order valence-electron chi connectivity index (χ0n) is 10.6. The molecule has 0 unspecified atom stereocenters. The Hall–Kier alpha value is -1.83. The molecule has 1 rings (SSSR count). The summed E-state index contributed by atoms with van der Waals surface area (Å²) < 4.78 is 39.8. The number of carbonyl (C=O) groups excluding carboxylic acids is 1. The predicted molar refractivity (Wildman–Crippen MR) is 71.0 cm³/mol. The van der Waals surface area contributed by atoms with Crippen molar-refractivity contribution in [3.05, 3.63) is 29.1 Å². The number of nitrogens with two attached hydrogens (primary N) is 1. The Kier molecular flexibility index (Phi) is 5.32. The molecule has 0 aliphatic carbocycles. The van der Waals surface area contributed by atoms with Crippen molar-refractivity contribution in [1.29, 1.82) is 0 Å². The molecule has 4 nitrogen and oxygen atoms in total. The van der Waals surface area contributed by atoms with Crippen LogP contribution in [0.1, 0.15) is 23.7 Å². The number of thiocarbonyl (C=S) groups is 1. The predicted octanol–water partition coefficient (Wildman–Crippen LogP) is 1.95. The Bertz CT molecular complexity index is 552. The number of halogens is 3. The first kappa shape index (κ1) is 16.2. The summed E-state index contributed by atoms with van der Waals surface area (Å²) in [4.78, 5) is 13.2. The van der Waals surface area contributed by atoms with Crippen LogP contribution in [-0.2, 0) is 0 Å². The lowest BCUT2D eigenvalue weighted by Gasteiger charge is -2.22. The number of carbonyl (C=O) groups is 1. The van der Waals surface area contributed by atoms with E-state index in [0.29, 0.717) is 12.5 Å². The maximum atomic E-state index is 13.7. The Morgan fingerprint density at radius 1 is 1.40 bits per heavy atom. The van der Waals surface area contributed by atoms with Gasteiger partial charge in [0.25, 0.3) is 5.91 Å². The first-order chi connectivity index (χ1) is 9.29. The molecule has 0 saturated heterocycles. The highest BCUT2D eigenvalue weighted by atomic mass is 32.1. The van der Waals surface area contributed by atoms with Gasteiger partial charge in [-0.3, -0.25) is 4.79 Å². The first-order valence-corrected chi connectivity index (χ1v) is 6.14. The number of phenols is 1. The Labute approximate surface area is 119 Å². The van der Waals surface area contributed by atoms with E-state index in [-0.39, 0.29) is 18.1 Å². The van der Waals surface area contributed by atoms with E-state index >= 15 is 0 Å². The zero-order chi connectivity index (χ0) is 15.4. The van der Waals surface area contributed by atoms with Gasteiger partial charge < -0.3 is 15.7 Å². The number of hydrogen-bond acceptors (Lipinski definition) is 3. The molecule has 0 aliphatic rings. The van der Waals surface area contributed by atoms with E-state index in [4.69, 9.17) is 10.8 Å². The van der Waals surface area contributed by atoms with Gasteiger partial charge in [0.05, 0.1) is 17.1 Å². The fourth-order valence-electron chi connectivity index (χ4n) is 1.63. The molecule has 0 heterocycles. The Morgan fingerprint density at radius 3 is 2.50 bits per heavy atom.